The molecule has 6 nitrogen and oxygen atoms in total. The Morgan fingerprint density at radius 2 is 2.04 bits per heavy atom. The van der Waals surface area contributed by atoms with E-state index in [4.69, 9.17) is 8.94 Å². The number of aryl methyl sites for hydroxylation is 1. The topological polar surface area (TPSA) is 72.4 Å². The second-order valence-corrected chi connectivity index (χ2v) is 7.00. The van der Waals surface area contributed by atoms with Crippen LogP contribution in [0, 0.1) is 6.92 Å². The Bertz CT molecular complexity index is 900. The molecule has 3 heterocycles. The maximum atomic E-state index is 12.3. The van der Waals surface area contributed by atoms with Crippen LogP contribution in [0.25, 0.3) is 11.7 Å². The number of furan rings is 1. The number of hydrogen-bond donors (Lipinski definition) is 0. The molecule has 1 fully saturated rings. The molecular formula is C18H16BrN3O3. The molecule has 7 heteroatoms. The summed E-state index contributed by atoms with van der Waals surface area (Å²) in [5.41, 5.74) is 2.33. The lowest BCUT2D eigenvalue weighted by Gasteiger charge is -2.16. The minimum absolute atomic E-state index is 0.0612. The lowest BCUT2D eigenvalue weighted by atomic mass is 10.1. The van der Waals surface area contributed by atoms with E-state index in [0.717, 1.165) is 5.56 Å². The summed E-state index contributed by atoms with van der Waals surface area (Å²) in [6, 6.07) is 11.7. The summed E-state index contributed by atoms with van der Waals surface area (Å²) in [7, 11) is 0. The summed E-state index contributed by atoms with van der Waals surface area (Å²) in [6.45, 7) is 3.24. The highest BCUT2D eigenvalue weighted by Gasteiger charge is 2.34. The minimum Gasteiger partial charge on any atom is -0.444 e. The Kier molecular flexibility index (Phi) is 4.17. The van der Waals surface area contributed by atoms with Crippen molar-refractivity contribution in [1.29, 1.82) is 0 Å². The van der Waals surface area contributed by atoms with Crippen LogP contribution >= 0.6 is 15.9 Å². The Morgan fingerprint density at radius 1 is 1.24 bits per heavy atom. The average molecular weight is 402 g/mol. The van der Waals surface area contributed by atoms with E-state index in [1.165, 1.54) is 5.56 Å². The number of hydrogen-bond acceptors (Lipinski definition) is 5. The molecule has 1 unspecified atom stereocenters. The number of likely N-dealkylation sites (tertiary alicyclic amines) is 1. The van der Waals surface area contributed by atoms with Gasteiger partial charge < -0.3 is 13.8 Å². The third-order valence-electron chi connectivity index (χ3n) is 4.30. The van der Waals surface area contributed by atoms with Gasteiger partial charge in [-0.15, -0.1) is 0 Å². The molecule has 0 aliphatic carbocycles. The molecule has 1 atom stereocenters. The molecule has 1 aliphatic heterocycles. The standard InChI is InChI=1S/C18H16BrN3O3/c1-11-2-4-12(5-3-11)9-22-10-13(8-16(22)23)17-20-18(25-21-17)14-6-7-15(19)24-14/h2-7,13H,8-10H2,1H3. The third kappa shape index (κ3) is 3.37. The zero-order chi connectivity index (χ0) is 17.4. The fourth-order valence-electron chi connectivity index (χ4n) is 2.94. The normalized spacial score (nSPS) is 17.4. The van der Waals surface area contributed by atoms with Crippen molar-refractivity contribution in [2.45, 2.75) is 25.8 Å². The van der Waals surface area contributed by atoms with Gasteiger partial charge >= 0.3 is 0 Å². The first-order valence-electron chi connectivity index (χ1n) is 8.01. The van der Waals surface area contributed by atoms with Gasteiger partial charge in [-0.1, -0.05) is 35.0 Å². The van der Waals surface area contributed by atoms with E-state index in [1.54, 1.807) is 12.1 Å². The fraction of sp³-hybridized carbons (Fsp3) is 0.278. The molecule has 0 bridgehead atoms. The van der Waals surface area contributed by atoms with Crippen molar-refractivity contribution in [3.05, 3.63) is 58.0 Å². The van der Waals surface area contributed by atoms with E-state index in [9.17, 15) is 4.79 Å². The van der Waals surface area contributed by atoms with Gasteiger partial charge in [-0.3, -0.25) is 4.79 Å². The summed E-state index contributed by atoms with van der Waals surface area (Å²) in [4.78, 5) is 18.6. The summed E-state index contributed by atoms with van der Waals surface area (Å²) in [5.74, 6) is 1.42. The zero-order valence-corrected chi connectivity index (χ0v) is 15.2. The Labute approximate surface area is 152 Å². The predicted octanol–water partition coefficient (Wildman–Crippen LogP) is 3.92. The van der Waals surface area contributed by atoms with Gasteiger partial charge in [0.05, 0.1) is 0 Å². The predicted molar refractivity (Wildman–Crippen MR) is 93.7 cm³/mol. The van der Waals surface area contributed by atoms with E-state index in [0.29, 0.717) is 41.7 Å². The van der Waals surface area contributed by atoms with E-state index in [1.807, 2.05) is 11.8 Å². The highest BCUT2D eigenvalue weighted by atomic mass is 79.9. The number of nitrogens with zero attached hydrogens (tertiary/aromatic N) is 3. The van der Waals surface area contributed by atoms with Crippen LogP contribution in [-0.4, -0.2) is 27.5 Å². The molecule has 0 radical (unpaired) electrons. The number of carbonyl (C=O) groups is 1. The van der Waals surface area contributed by atoms with Crippen LogP contribution < -0.4 is 0 Å². The highest BCUT2D eigenvalue weighted by Crippen LogP contribution is 2.30. The minimum atomic E-state index is -0.0612. The third-order valence-corrected chi connectivity index (χ3v) is 4.73. The second-order valence-electron chi connectivity index (χ2n) is 6.22. The van der Waals surface area contributed by atoms with Crippen molar-refractivity contribution >= 4 is 21.8 Å². The molecule has 3 aromatic rings. The first-order valence-corrected chi connectivity index (χ1v) is 8.80. The number of rotatable bonds is 4. The number of carbonyl (C=O) groups excluding carboxylic acids is 1. The maximum absolute atomic E-state index is 12.3. The molecule has 128 valence electrons. The molecule has 1 saturated heterocycles. The van der Waals surface area contributed by atoms with Crippen LogP contribution in [0.2, 0.25) is 0 Å². The molecule has 2 aromatic heterocycles. The van der Waals surface area contributed by atoms with Gasteiger partial charge in [0.2, 0.25) is 5.91 Å². The van der Waals surface area contributed by atoms with E-state index in [-0.39, 0.29) is 11.8 Å². The Hall–Kier alpha value is -2.41. The quantitative estimate of drug-likeness (QED) is 0.662. The second kappa shape index (κ2) is 6.48. The van der Waals surface area contributed by atoms with Gasteiger partial charge in [-0.2, -0.15) is 4.98 Å². The monoisotopic (exact) mass is 401 g/mol. The van der Waals surface area contributed by atoms with Crippen molar-refractivity contribution in [2.24, 2.45) is 0 Å². The Balaban J connectivity index is 1.47. The largest absolute Gasteiger partial charge is 0.444 e. The van der Waals surface area contributed by atoms with Gasteiger partial charge in [0.25, 0.3) is 5.89 Å². The van der Waals surface area contributed by atoms with Gasteiger partial charge in [0.15, 0.2) is 16.3 Å². The van der Waals surface area contributed by atoms with Gasteiger partial charge in [-0.25, -0.2) is 0 Å². The van der Waals surface area contributed by atoms with Crippen molar-refractivity contribution in [3.63, 3.8) is 0 Å². The molecule has 0 saturated carbocycles. The number of halogens is 1. The summed E-state index contributed by atoms with van der Waals surface area (Å²) in [5, 5.41) is 4.03. The number of benzene rings is 1. The number of amides is 1. The lowest BCUT2D eigenvalue weighted by Crippen LogP contribution is -2.24. The molecule has 1 aromatic carbocycles. The van der Waals surface area contributed by atoms with Crippen molar-refractivity contribution < 1.29 is 13.7 Å². The zero-order valence-electron chi connectivity index (χ0n) is 13.6. The smallest absolute Gasteiger partial charge is 0.293 e. The SMILES string of the molecule is Cc1ccc(CN2CC(c3noc(-c4ccc(Br)o4)n3)CC2=O)cc1. The summed E-state index contributed by atoms with van der Waals surface area (Å²) < 4.78 is 11.3. The molecular weight excluding hydrogens is 386 g/mol. The van der Waals surface area contributed by atoms with Crippen LogP contribution in [0.4, 0.5) is 0 Å². The number of aromatic nitrogens is 2. The summed E-state index contributed by atoms with van der Waals surface area (Å²) >= 11 is 3.25. The molecule has 1 amide bonds. The van der Waals surface area contributed by atoms with Crippen LogP contribution in [0.5, 0.6) is 0 Å². The van der Waals surface area contributed by atoms with E-state index < -0.39 is 0 Å². The van der Waals surface area contributed by atoms with Crippen molar-refractivity contribution in [1.82, 2.24) is 15.0 Å². The van der Waals surface area contributed by atoms with Crippen LogP contribution in [0.3, 0.4) is 0 Å². The van der Waals surface area contributed by atoms with E-state index in [2.05, 4.69) is 50.3 Å². The lowest BCUT2D eigenvalue weighted by molar-refractivity contribution is -0.128. The van der Waals surface area contributed by atoms with Gasteiger partial charge in [0, 0.05) is 25.4 Å². The molecule has 4 rings (SSSR count). The maximum Gasteiger partial charge on any atom is 0.293 e. The molecule has 0 N–H and O–H groups in total. The molecule has 1 aliphatic rings. The highest BCUT2D eigenvalue weighted by molar-refractivity contribution is 9.10. The first kappa shape index (κ1) is 16.1. The summed E-state index contributed by atoms with van der Waals surface area (Å²) in [6.07, 6.45) is 0.396. The van der Waals surface area contributed by atoms with E-state index >= 15 is 0 Å². The van der Waals surface area contributed by atoms with Crippen molar-refractivity contribution in [2.75, 3.05) is 6.54 Å². The molecule has 0 spiro atoms. The Morgan fingerprint density at radius 3 is 2.76 bits per heavy atom. The average Bonchev–Trinajstić information content (AvgIpc) is 3.30. The van der Waals surface area contributed by atoms with Crippen molar-refractivity contribution in [3.8, 4) is 11.7 Å². The van der Waals surface area contributed by atoms with Crippen LogP contribution in [0.15, 0.2) is 50.0 Å². The van der Waals surface area contributed by atoms with Gasteiger partial charge in [0.1, 0.15) is 0 Å². The van der Waals surface area contributed by atoms with Crippen LogP contribution in [0.1, 0.15) is 29.3 Å². The molecule has 25 heavy (non-hydrogen) atoms. The first-order chi connectivity index (χ1) is 12.1. The van der Waals surface area contributed by atoms with Crippen LogP contribution in [-0.2, 0) is 11.3 Å². The van der Waals surface area contributed by atoms with Gasteiger partial charge in [-0.05, 0) is 40.5 Å². The fourth-order valence-corrected chi connectivity index (χ4v) is 3.25.